The Kier molecular flexibility index (Phi) is 8.89. The maximum absolute atomic E-state index is 13.7. The number of rotatable bonds is 10. The quantitative estimate of drug-likeness (QED) is 0.160. The molecule has 3 aromatic carbocycles. The lowest BCUT2D eigenvalue weighted by atomic mass is 9.89. The Morgan fingerprint density at radius 2 is 1.58 bits per heavy atom. The maximum atomic E-state index is 13.7. The second kappa shape index (κ2) is 12.5. The van der Waals surface area contributed by atoms with Gasteiger partial charge in [0.2, 0.25) is 5.91 Å². The fourth-order valence-corrected chi connectivity index (χ4v) is 5.29. The fourth-order valence-electron chi connectivity index (χ4n) is 5.29. The topological polar surface area (TPSA) is 83.8 Å². The summed E-state index contributed by atoms with van der Waals surface area (Å²) in [6.07, 6.45) is 6.44. The van der Waals surface area contributed by atoms with Gasteiger partial charge in [0.05, 0.1) is 11.0 Å². The molecule has 7 nitrogen and oxygen atoms in total. The van der Waals surface area contributed by atoms with Gasteiger partial charge in [0.15, 0.2) is 0 Å². The third kappa shape index (κ3) is 5.93. The minimum absolute atomic E-state index is 0.0552. The summed E-state index contributed by atoms with van der Waals surface area (Å²) >= 11 is 0. The highest BCUT2D eigenvalue weighted by atomic mass is 16.6. The maximum Gasteiger partial charge on any atom is 0.269 e. The molecule has 38 heavy (non-hydrogen) atoms. The van der Waals surface area contributed by atoms with Crippen LogP contribution in [-0.2, 0) is 4.79 Å². The molecule has 1 aliphatic rings. The number of para-hydroxylation sites is 2. The Hall–Kier alpha value is -4.00. The van der Waals surface area contributed by atoms with Crippen molar-refractivity contribution in [1.82, 2.24) is 0 Å². The van der Waals surface area contributed by atoms with E-state index in [1.54, 1.807) is 4.90 Å². The number of fused-ring (bicyclic) bond motifs is 1. The molecular formula is C31H35N3O4. The van der Waals surface area contributed by atoms with Gasteiger partial charge in [-0.25, -0.2) is 0 Å². The van der Waals surface area contributed by atoms with Crippen molar-refractivity contribution in [2.24, 2.45) is 0 Å². The Morgan fingerprint density at radius 1 is 0.921 bits per heavy atom. The minimum Gasteiger partial charge on any atom is -0.305 e. The lowest BCUT2D eigenvalue weighted by Gasteiger charge is -2.43. The number of unbranched alkanes of at least 4 members (excludes halogenated alkanes) is 4. The summed E-state index contributed by atoms with van der Waals surface area (Å²) < 4.78 is 0. The number of nitro groups is 1. The minimum atomic E-state index is -0.476. The molecule has 4 rings (SSSR count). The van der Waals surface area contributed by atoms with Crippen LogP contribution in [-0.4, -0.2) is 22.8 Å². The average Bonchev–Trinajstić information content (AvgIpc) is 2.93. The van der Waals surface area contributed by atoms with Crippen LogP contribution in [0.5, 0.6) is 0 Å². The van der Waals surface area contributed by atoms with Crippen LogP contribution in [0.4, 0.5) is 17.1 Å². The molecule has 0 saturated heterocycles. The molecule has 2 atom stereocenters. The molecule has 2 unspecified atom stereocenters. The number of hydrogen-bond acceptors (Lipinski definition) is 4. The zero-order valence-corrected chi connectivity index (χ0v) is 22.1. The number of nitrogens with zero attached hydrogens (tertiary/aromatic N) is 3. The lowest BCUT2D eigenvalue weighted by Crippen LogP contribution is -2.47. The predicted octanol–water partition coefficient (Wildman–Crippen LogP) is 7.47. The number of non-ortho nitro benzene ring substituents is 1. The smallest absolute Gasteiger partial charge is 0.269 e. The third-order valence-corrected chi connectivity index (χ3v) is 7.21. The molecule has 0 aliphatic carbocycles. The van der Waals surface area contributed by atoms with E-state index in [0.717, 1.165) is 42.6 Å². The molecular weight excluding hydrogens is 478 g/mol. The third-order valence-electron chi connectivity index (χ3n) is 7.21. The predicted molar refractivity (Wildman–Crippen MR) is 150 cm³/mol. The van der Waals surface area contributed by atoms with Crippen LogP contribution in [0.2, 0.25) is 0 Å². The van der Waals surface area contributed by atoms with Gasteiger partial charge in [0, 0.05) is 41.5 Å². The van der Waals surface area contributed by atoms with E-state index in [4.69, 9.17) is 0 Å². The number of carbonyl (C=O) groups excluding carboxylic acids is 2. The summed E-state index contributed by atoms with van der Waals surface area (Å²) in [4.78, 5) is 41.6. The second-order valence-electron chi connectivity index (χ2n) is 9.90. The number of hydrogen-bond donors (Lipinski definition) is 0. The highest BCUT2D eigenvalue weighted by Gasteiger charge is 2.38. The molecule has 0 N–H and O–H groups in total. The summed E-state index contributed by atoms with van der Waals surface area (Å²) in [6.45, 7) is 4.17. The summed E-state index contributed by atoms with van der Waals surface area (Å²) in [5.41, 5.74) is 2.87. The Bertz CT molecular complexity index is 1260. The monoisotopic (exact) mass is 513 g/mol. The van der Waals surface area contributed by atoms with Gasteiger partial charge in [0.25, 0.3) is 11.6 Å². The summed E-state index contributed by atoms with van der Waals surface area (Å²) in [7, 11) is 0. The van der Waals surface area contributed by atoms with E-state index in [-0.39, 0.29) is 29.6 Å². The van der Waals surface area contributed by atoms with Crippen molar-refractivity contribution in [3.8, 4) is 0 Å². The van der Waals surface area contributed by atoms with Gasteiger partial charge in [-0.3, -0.25) is 19.7 Å². The molecule has 2 amide bonds. The van der Waals surface area contributed by atoms with Crippen LogP contribution in [0.3, 0.4) is 0 Å². The number of carbonyl (C=O) groups is 2. The van der Waals surface area contributed by atoms with Gasteiger partial charge in [0.1, 0.15) is 0 Å². The van der Waals surface area contributed by atoms with Crippen LogP contribution in [0, 0.1) is 10.1 Å². The molecule has 7 heteroatoms. The van der Waals surface area contributed by atoms with E-state index in [2.05, 4.69) is 6.92 Å². The zero-order chi connectivity index (χ0) is 27.1. The Balaban J connectivity index is 1.66. The number of nitro benzene ring substituents is 1. The summed E-state index contributed by atoms with van der Waals surface area (Å²) in [5, 5.41) is 11.1. The molecule has 1 heterocycles. The van der Waals surface area contributed by atoms with Crippen LogP contribution < -0.4 is 9.80 Å². The van der Waals surface area contributed by atoms with Crippen LogP contribution >= 0.6 is 0 Å². The lowest BCUT2D eigenvalue weighted by molar-refractivity contribution is -0.384. The highest BCUT2D eigenvalue weighted by molar-refractivity contribution is 6.07. The van der Waals surface area contributed by atoms with Crippen LogP contribution in [0.25, 0.3) is 0 Å². The van der Waals surface area contributed by atoms with Gasteiger partial charge >= 0.3 is 0 Å². The van der Waals surface area contributed by atoms with Crippen molar-refractivity contribution >= 4 is 28.9 Å². The van der Waals surface area contributed by atoms with Gasteiger partial charge in [-0.2, -0.15) is 0 Å². The number of anilines is 2. The first-order chi connectivity index (χ1) is 18.4. The van der Waals surface area contributed by atoms with Gasteiger partial charge in [-0.15, -0.1) is 0 Å². The van der Waals surface area contributed by atoms with E-state index in [0.29, 0.717) is 18.4 Å². The van der Waals surface area contributed by atoms with Crippen molar-refractivity contribution in [1.29, 1.82) is 0 Å². The van der Waals surface area contributed by atoms with E-state index >= 15 is 0 Å². The van der Waals surface area contributed by atoms with Crippen LogP contribution in [0.15, 0.2) is 78.9 Å². The molecule has 1 aliphatic heterocycles. The number of benzene rings is 3. The molecule has 0 saturated carbocycles. The van der Waals surface area contributed by atoms with Crippen LogP contribution in [0.1, 0.15) is 80.8 Å². The summed E-state index contributed by atoms with van der Waals surface area (Å²) in [5.74, 6) is -0.123. The highest BCUT2D eigenvalue weighted by Crippen LogP contribution is 2.43. The molecule has 0 fully saturated rings. The van der Waals surface area contributed by atoms with E-state index in [9.17, 15) is 19.7 Å². The first kappa shape index (κ1) is 27.0. The Morgan fingerprint density at radius 3 is 2.26 bits per heavy atom. The first-order valence-corrected chi connectivity index (χ1v) is 13.5. The zero-order valence-electron chi connectivity index (χ0n) is 22.1. The van der Waals surface area contributed by atoms with Gasteiger partial charge < -0.3 is 9.80 Å². The van der Waals surface area contributed by atoms with Gasteiger partial charge in [-0.05, 0) is 55.7 Å². The largest absolute Gasteiger partial charge is 0.305 e. The fraction of sp³-hybridized carbons (Fsp3) is 0.355. The Labute approximate surface area is 224 Å². The molecule has 3 aromatic rings. The van der Waals surface area contributed by atoms with Crippen molar-refractivity contribution < 1.29 is 14.5 Å². The van der Waals surface area contributed by atoms with Crippen molar-refractivity contribution in [3.05, 3.63) is 100 Å². The van der Waals surface area contributed by atoms with Crippen molar-refractivity contribution in [3.63, 3.8) is 0 Å². The average molecular weight is 514 g/mol. The van der Waals surface area contributed by atoms with Crippen molar-refractivity contribution in [2.75, 3.05) is 9.80 Å². The van der Waals surface area contributed by atoms with Crippen molar-refractivity contribution in [2.45, 2.75) is 70.9 Å². The van der Waals surface area contributed by atoms with E-state index in [1.165, 1.54) is 30.7 Å². The van der Waals surface area contributed by atoms with Gasteiger partial charge in [-0.1, -0.05) is 69.0 Å². The molecule has 0 aromatic heterocycles. The normalized spacial score (nSPS) is 16.5. The molecule has 0 radical (unpaired) electrons. The molecule has 0 spiro atoms. The molecule has 198 valence electrons. The number of amides is 2. The summed E-state index contributed by atoms with van der Waals surface area (Å²) in [6, 6.07) is 22.8. The van der Waals surface area contributed by atoms with E-state index in [1.807, 2.05) is 66.4 Å². The molecule has 0 bridgehead atoms. The SMILES string of the molecule is CCCCCCCC(=O)N(c1ccccc1)C1CC(C)N(C(=O)c2ccc([N+](=O)[O-])cc2)c2ccccc21. The second-order valence-corrected chi connectivity index (χ2v) is 9.90. The van der Waals surface area contributed by atoms with E-state index < -0.39 is 4.92 Å². The standard InChI is InChI=1S/C31H35N3O4/c1-3-4-5-6-10-17-30(35)33(25-13-8-7-9-14-25)29-22-23(2)32(28-16-12-11-15-27(28)29)31(36)24-18-20-26(21-19-24)34(37)38/h7-9,11-16,18-21,23,29H,3-6,10,17,22H2,1-2H3. The first-order valence-electron chi connectivity index (χ1n) is 13.5.